The molecule has 1 aliphatic rings. The quantitative estimate of drug-likeness (QED) is 0.663. The van der Waals surface area contributed by atoms with E-state index in [1.807, 2.05) is 0 Å². The van der Waals surface area contributed by atoms with Gasteiger partial charge in [0.1, 0.15) is 0 Å². The lowest BCUT2D eigenvalue weighted by atomic mass is 10.0. The molecule has 144 valence electrons. The van der Waals surface area contributed by atoms with Crippen molar-refractivity contribution in [1.82, 2.24) is 14.7 Å². The van der Waals surface area contributed by atoms with Crippen LogP contribution in [0.3, 0.4) is 0 Å². The molecule has 0 spiro atoms. The third-order valence-corrected chi connectivity index (χ3v) is 5.84. The molecule has 0 bridgehead atoms. The molecule has 2 N–H and O–H groups in total. The van der Waals surface area contributed by atoms with Crippen LogP contribution in [0.1, 0.15) is 54.9 Å². The van der Waals surface area contributed by atoms with E-state index in [1.165, 1.54) is 39.1 Å². The minimum atomic E-state index is 0.584. The summed E-state index contributed by atoms with van der Waals surface area (Å²) in [5.74, 6) is 1.28. The lowest BCUT2D eigenvalue weighted by molar-refractivity contribution is 0.0558. The predicted molar refractivity (Wildman–Crippen MR) is 106 cm³/mol. The first-order valence-corrected chi connectivity index (χ1v) is 10.2. The van der Waals surface area contributed by atoms with E-state index in [9.17, 15) is 0 Å². The van der Waals surface area contributed by atoms with Crippen LogP contribution in [0.2, 0.25) is 0 Å². The van der Waals surface area contributed by atoms with Gasteiger partial charge in [-0.25, -0.2) is 0 Å². The Morgan fingerprint density at radius 3 is 2.25 bits per heavy atom. The SMILES string of the molecule is CC(CN)CN(CCCN1CCN(C(C)C)C(C)C1)C(C)C(C)C. The predicted octanol–water partition coefficient (Wildman–Crippen LogP) is 2.73. The summed E-state index contributed by atoms with van der Waals surface area (Å²) < 4.78 is 0. The van der Waals surface area contributed by atoms with Gasteiger partial charge < -0.3 is 15.5 Å². The Morgan fingerprint density at radius 2 is 1.75 bits per heavy atom. The maximum absolute atomic E-state index is 5.86. The van der Waals surface area contributed by atoms with E-state index in [1.54, 1.807) is 0 Å². The van der Waals surface area contributed by atoms with Gasteiger partial charge in [-0.2, -0.15) is 0 Å². The maximum Gasteiger partial charge on any atom is 0.0198 e. The third kappa shape index (κ3) is 6.99. The van der Waals surface area contributed by atoms with Crippen molar-refractivity contribution in [3.8, 4) is 0 Å². The van der Waals surface area contributed by atoms with Gasteiger partial charge >= 0.3 is 0 Å². The molecule has 3 atom stereocenters. The summed E-state index contributed by atoms with van der Waals surface area (Å²) in [5, 5.41) is 0. The molecule has 1 heterocycles. The summed E-state index contributed by atoms with van der Waals surface area (Å²) in [5.41, 5.74) is 5.86. The Bertz CT molecular complexity index is 332. The second-order valence-electron chi connectivity index (χ2n) is 8.66. The van der Waals surface area contributed by atoms with Crippen molar-refractivity contribution < 1.29 is 0 Å². The van der Waals surface area contributed by atoms with Crippen LogP contribution in [-0.2, 0) is 0 Å². The van der Waals surface area contributed by atoms with Crippen LogP contribution in [-0.4, -0.2) is 78.6 Å². The first-order chi connectivity index (χ1) is 11.3. The minimum absolute atomic E-state index is 0.584. The summed E-state index contributed by atoms with van der Waals surface area (Å²) in [6, 6.07) is 1.99. The summed E-state index contributed by atoms with van der Waals surface area (Å²) in [6.45, 7) is 24.3. The van der Waals surface area contributed by atoms with Crippen LogP contribution in [0.25, 0.3) is 0 Å². The van der Waals surface area contributed by atoms with E-state index >= 15 is 0 Å². The Balaban J connectivity index is 2.42. The van der Waals surface area contributed by atoms with E-state index in [0.29, 0.717) is 30.0 Å². The highest BCUT2D eigenvalue weighted by molar-refractivity contribution is 4.81. The molecule has 1 fully saturated rings. The largest absolute Gasteiger partial charge is 0.330 e. The van der Waals surface area contributed by atoms with Crippen molar-refractivity contribution in [3.05, 3.63) is 0 Å². The Hall–Kier alpha value is -0.160. The number of nitrogens with zero attached hydrogens (tertiary/aromatic N) is 3. The van der Waals surface area contributed by atoms with Crippen LogP contribution >= 0.6 is 0 Å². The van der Waals surface area contributed by atoms with Crippen LogP contribution in [0.15, 0.2) is 0 Å². The topological polar surface area (TPSA) is 35.7 Å². The van der Waals surface area contributed by atoms with E-state index in [-0.39, 0.29) is 0 Å². The van der Waals surface area contributed by atoms with Crippen molar-refractivity contribution in [2.24, 2.45) is 17.6 Å². The molecule has 4 nitrogen and oxygen atoms in total. The molecule has 1 rings (SSSR count). The molecule has 1 saturated heterocycles. The number of piperazine rings is 1. The summed E-state index contributed by atoms with van der Waals surface area (Å²) >= 11 is 0. The molecule has 4 heteroatoms. The normalized spacial score (nSPS) is 23.4. The highest BCUT2D eigenvalue weighted by atomic mass is 15.3. The van der Waals surface area contributed by atoms with Gasteiger partial charge in [0.25, 0.3) is 0 Å². The van der Waals surface area contributed by atoms with E-state index in [4.69, 9.17) is 5.73 Å². The first kappa shape index (κ1) is 21.9. The summed E-state index contributed by atoms with van der Waals surface area (Å²) in [7, 11) is 0. The average Bonchev–Trinajstić information content (AvgIpc) is 2.52. The van der Waals surface area contributed by atoms with Gasteiger partial charge in [0.05, 0.1) is 0 Å². The van der Waals surface area contributed by atoms with Crippen LogP contribution < -0.4 is 5.73 Å². The first-order valence-electron chi connectivity index (χ1n) is 10.2. The standard InChI is InChI=1S/C20H44N4/c1-16(2)20(7)23(14-18(5)13-21)10-8-9-22-11-12-24(17(3)4)19(6)15-22/h16-20H,8-15,21H2,1-7H3. The van der Waals surface area contributed by atoms with Crippen molar-refractivity contribution in [2.75, 3.05) is 45.8 Å². The molecule has 3 unspecified atom stereocenters. The van der Waals surface area contributed by atoms with Gasteiger partial charge in [-0.1, -0.05) is 20.8 Å². The Morgan fingerprint density at radius 1 is 1.08 bits per heavy atom. The van der Waals surface area contributed by atoms with Crippen molar-refractivity contribution in [1.29, 1.82) is 0 Å². The van der Waals surface area contributed by atoms with Gasteiger partial charge in [0, 0.05) is 44.3 Å². The molecule has 0 aromatic carbocycles. The zero-order valence-corrected chi connectivity index (χ0v) is 17.5. The number of hydrogen-bond donors (Lipinski definition) is 1. The number of nitrogens with two attached hydrogens (primary N) is 1. The van der Waals surface area contributed by atoms with Crippen molar-refractivity contribution in [3.63, 3.8) is 0 Å². The van der Waals surface area contributed by atoms with Crippen LogP contribution in [0.4, 0.5) is 0 Å². The molecule has 0 aliphatic carbocycles. The molecule has 0 saturated carbocycles. The molecular formula is C20H44N4. The molecule has 0 aromatic rings. The zero-order chi connectivity index (χ0) is 18.3. The Kier molecular flexibility index (Phi) is 9.80. The Labute approximate surface area is 151 Å². The molecule has 24 heavy (non-hydrogen) atoms. The average molecular weight is 341 g/mol. The second-order valence-corrected chi connectivity index (χ2v) is 8.66. The fourth-order valence-electron chi connectivity index (χ4n) is 3.87. The van der Waals surface area contributed by atoms with Gasteiger partial charge in [0.2, 0.25) is 0 Å². The smallest absolute Gasteiger partial charge is 0.0198 e. The molecule has 0 aromatic heterocycles. The molecule has 1 aliphatic heterocycles. The number of hydrogen-bond acceptors (Lipinski definition) is 4. The number of rotatable bonds is 10. The van der Waals surface area contributed by atoms with Gasteiger partial charge in [0.15, 0.2) is 0 Å². The lowest BCUT2D eigenvalue weighted by Gasteiger charge is -2.42. The van der Waals surface area contributed by atoms with E-state index in [2.05, 4.69) is 63.2 Å². The van der Waals surface area contributed by atoms with Crippen molar-refractivity contribution in [2.45, 2.75) is 73.0 Å². The summed E-state index contributed by atoms with van der Waals surface area (Å²) in [6.07, 6.45) is 1.27. The van der Waals surface area contributed by atoms with E-state index < -0.39 is 0 Å². The highest BCUT2D eigenvalue weighted by Gasteiger charge is 2.25. The van der Waals surface area contributed by atoms with E-state index in [0.717, 1.165) is 13.1 Å². The highest BCUT2D eigenvalue weighted by Crippen LogP contribution is 2.15. The van der Waals surface area contributed by atoms with Gasteiger partial charge in [-0.15, -0.1) is 0 Å². The third-order valence-electron chi connectivity index (χ3n) is 5.84. The molecule has 0 amide bonds. The van der Waals surface area contributed by atoms with Crippen LogP contribution in [0.5, 0.6) is 0 Å². The van der Waals surface area contributed by atoms with Gasteiger partial charge in [-0.05, 0) is 65.6 Å². The van der Waals surface area contributed by atoms with Crippen molar-refractivity contribution >= 4 is 0 Å². The minimum Gasteiger partial charge on any atom is -0.330 e. The fraction of sp³-hybridized carbons (Fsp3) is 1.00. The summed E-state index contributed by atoms with van der Waals surface area (Å²) in [4.78, 5) is 7.96. The zero-order valence-electron chi connectivity index (χ0n) is 17.5. The maximum atomic E-state index is 5.86. The van der Waals surface area contributed by atoms with Crippen LogP contribution in [0, 0.1) is 11.8 Å². The second kappa shape index (κ2) is 10.7. The monoisotopic (exact) mass is 340 g/mol. The molecular weight excluding hydrogens is 296 g/mol. The fourth-order valence-corrected chi connectivity index (χ4v) is 3.87. The lowest BCUT2D eigenvalue weighted by Crippen LogP contribution is -2.54. The molecule has 0 radical (unpaired) electrons. The van der Waals surface area contributed by atoms with Gasteiger partial charge in [-0.3, -0.25) is 4.90 Å².